The summed E-state index contributed by atoms with van der Waals surface area (Å²) in [5.74, 6) is 2.68. The van der Waals surface area contributed by atoms with Crippen LogP contribution in [0.15, 0.2) is 28.1 Å². The van der Waals surface area contributed by atoms with E-state index in [0.29, 0.717) is 23.9 Å². The molecule has 0 unspecified atom stereocenters. The monoisotopic (exact) mass is 404 g/mol. The zero-order chi connectivity index (χ0) is 20.1. The van der Waals surface area contributed by atoms with Gasteiger partial charge in [-0.2, -0.15) is 0 Å². The molecule has 1 aliphatic heterocycles. The van der Waals surface area contributed by atoms with Gasteiger partial charge in [-0.15, -0.1) is 10.2 Å². The van der Waals surface area contributed by atoms with Crippen molar-refractivity contribution in [2.45, 2.75) is 57.6 Å². The Labute approximate surface area is 166 Å². The van der Waals surface area contributed by atoms with Gasteiger partial charge in [0.2, 0.25) is 0 Å². The lowest BCUT2D eigenvalue weighted by Gasteiger charge is -2.16. The molecule has 1 aromatic heterocycles. The van der Waals surface area contributed by atoms with E-state index in [9.17, 15) is 8.42 Å². The molecule has 2 heterocycles. The first-order valence-corrected chi connectivity index (χ1v) is 11.5. The van der Waals surface area contributed by atoms with Crippen molar-refractivity contribution < 1.29 is 8.42 Å². The SMILES string of the molecule is CCNC(=NCc1ccc(S(C)(=O)=O)c(C)c1)NCc1nnc2n1CCCC2. The number of hydrogen-bond acceptors (Lipinski definition) is 5. The van der Waals surface area contributed by atoms with Crippen molar-refractivity contribution in [3.8, 4) is 0 Å². The molecule has 0 bridgehead atoms. The summed E-state index contributed by atoms with van der Waals surface area (Å²) < 4.78 is 25.7. The number of rotatable bonds is 6. The Hall–Kier alpha value is -2.42. The normalized spacial score (nSPS) is 14.6. The highest BCUT2D eigenvalue weighted by Crippen LogP contribution is 2.17. The number of nitrogens with zero attached hydrogens (tertiary/aromatic N) is 4. The van der Waals surface area contributed by atoms with Crippen molar-refractivity contribution >= 4 is 15.8 Å². The molecule has 0 radical (unpaired) electrons. The number of fused-ring (bicyclic) bond motifs is 1. The van der Waals surface area contributed by atoms with E-state index < -0.39 is 9.84 Å². The molecule has 8 nitrogen and oxygen atoms in total. The van der Waals surface area contributed by atoms with Crippen molar-refractivity contribution in [1.29, 1.82) is 0 Å². The molecule has 0 saturated carbocycles. The van der Waals surface area contributed by atoms with Crippen LogP contribution in [-0.4, -0.2) is 41.9 Å². The first-order valence-electron chi connectivity index (χ1n) is 9.61. The van der Waals surface area contributed by atoms with Gasteiger partial charge in [-0.25, -0.2) is 13.4 Å². The highest BCUT2D eigenvalue weighted by atomic mass is 32.2. The number of aromatic nitrogens is 3. The van der Waals surface area contributed by atoms with E-state index in [0.717, 1.165) is 48.7 Å². The molecule has 2 N–H and O–H groups in total. The average molecular weight is 405 g/mol. The van der Waals surface area contributed by atoms with Crippen LogP contribution in [0, 0.1) is 6.92 Å². The molecule has 0 saturated heterocycles. The van der Waals surface area contributed by atoms with Gasteiger partial charge < -0.3 is 15.2 Å². The molecule has 0 spiro atoms. The van der Waals surface area contributed by atoms with E-state index in [1.165, 1.54) is 12.7 Å². The molecule has 1 aliphatic rings. The van der Waals surface area contributed by atoms with Crippen LogP contribution in [0.2, 0.25) is 0 Å². The fraction of sp³-hybridized carbons (Fsp3) is 0.526. The van der Waals surface area contributed by atoms with Gasteiger partial charge in [-0.05, 0) is 43.9 Å². The van der Waals surface area contributed by atoms with E-state index in [4.69, 9.17) is 0 Å². The smallest absolute Gasteiger partial charge is 0.191 e. The van der Waals surface area contributed by atoms with Crippen molar-refractivity contribution in [3.05, 3.63) is 41.0 Å². The maximum atomic E-state index is 11.8. The van der Waals surface area contributed by atoms with Crippen LogP contribution < -0.4 is 10.6 Å². The predicted molar refractivity (Wildman–Crippen MR) is 109 cm³/mol. The maximum Gasteiger partial charge on any atom is 0.191 e. The van der Waals surface area contributed by atoms with Crippen LogP contribution in [0.4, 0.5) is 0 Å². The molecule has 0 atom stereocenters. The number of guanidine groups is 1. The largest absolute Gasteiger partial charge is 0.357 e. The molecular formula is C19H28N6O2S. The van der Waals surface area contributed by atoms with E-state index in [1.54, 1.807) is 6.07 Å². The second-order valence-corrected chi connectivity index (χ2v) is 9.05. The van der Waals surface area contributed by atoms with Gasteiger partial charge in [0, 0.05) is 25.8 Å². The molecule has 3 rings (SSSR count). The third kappa shape index (κ3) is 4.89. The predicted octanol–water partition coefficient (Wildman–Crippen LogP) is 1.58. The van der Waals surface area contributed by atoms with Gasteiger partial charge in [-0.3, -0.25) is 0 Å². The summed E-state index contributed by atoms with van der Waals surface area (Å²) in [5.41, 5.74) is 1.70. The summed E-state index contributed by atoms with van der Waals surface area (Å²) in [4.78, 5) is 4.98. The number of hydrogen-bond donors (Lipinski definition) is 2. The molecule has 9 heteroatoms. The van der Waals surface area contributed by atoms with Crippen molar-refractivity contribution in [3.63, 3.8) is 0 Å². The minimum Gasteiger partial charge on any atom is -0.357 e. The van der Waals surface area contributed by atoms with Crippen LogP contribution in [0.3, 0.4) is 0 Å². The fourth-order valence-corrected chi connectivity index (χ4v) is 4.36. The topological polar surface area (TPSA) is 101 Å². The third-order valence-electron chi connectivity index (χ3n) is 4.75. The number of sulfone groups is 1. The van der Waals surface area contributed by atoms with Gasteiger partial charge in [-0.1, -0.05) is 12.1 Å². The van der Waals surface area contributed by atoms with Gasteiger partial charge >= 0.3 is 0 Å². The zero-order valence-electron chi connectivity index (χ0n) is 16.7. The van der Waals surface area contributed by atoms with E-state index in [2.05, 4.69) is 30.4 Å². The van der Waals surface area contributed by atoms with Crippen molar-refractivity contribution in [1.82, 2.24) is 25.4 Å². The van der Waals surface area contributed by atoms with Crippen molar-refractivity contribution in [2.24, 2.45) is 4.99 Å². The molecule has 0 amide bonds. The number of aliphatic imine (C=N–C) groups is 1. The maximum absolute atomic E-state index is 11.8. The molecular weight excluding hydrogens is 376 g/mol. The van der Waals surface area contributed by atoms with Gasteiger partial charge in [0.05, 0.1) is 18.0 Å². The van der Waals surface area contributed by atoms with Crippen LogP contribution in [0.5, 0.6) is 0 Å². The summed E-state index contributed by atoms with van der Waals surface area (Å²) in [5, 5.41) is 15.1. The molecule has 2 aromatic rings. The van der Waals surface area contributed by atoms with Gasteiger partial charge in [0.15, 0.2) is 21.6 Å². The lowest BCUT2D eigenvalue weighted by Crippen LogP contribution is -2.37. The fourth-order valence-electron chi connectivity index (χ4n) is 3.40. The lowest BCUT2D eigenvalue weighted by molar-refractivity contribution is 0.504. The zero-order valence-corrected chi connectivity index (χ0v) is 17.5. The Morgan fingerprint density at radius 2 is 2.07 bits per heavy atom. The molecule has 28 heavy (non-hydrogen) atoms. The first kappa shape index (κ1) is 20.3. The minimum atomic E-state index is -3.21. The Balaban J connectivity index is 1.67. The lowest BCUT2D eigenvalue weighted by atomic mass is 10.1. The van der Waals surface area contributed by atoms with Gasteiger partial charge in [0.1, 0.15) is 5.82 Å². The highest BCUT2D eigenvalue weighted by Gasteiger charge is 2.15. The summed E-state index contributed by atoms with van der Waals surface area (Å²) in [7, 11) is -3.21. The number of benzene rings is 1. The van der Waals surface area contributed by atoms with E-state index in [1.807, 2.05) is 26.0 Å². The summed E-state index contributed by atoms with van der Waals surface area (Å²) >= 11 is 0. The summed E-state index contributed by atoms with van der Waals surface area (Å²) in [6.45, 7) is 6.56. The summed E-state index contributed by atoms with van der Waals surface area (Å²) in [6.07, 6.45) is 4.55. The van der Waals surface area contributed by atoms with Crippen LogP contribution in [0.25, 0.3) is 0 Å². The molecule has 152 valence electrons. The number of nitrogens with one attached hydrogen (secondary N) is 2. The second kappa shape index (κ2) is 8.72. The third-order valence-corrected chi connectivity index (χ3v) is 6.01. The average Bonchev–Trinajstić information content (AvgIpc) is 3.06. The Morgan fingerprint density at radius 3 is 2.79 bits per heavy atom. The Kier molecular flexibility index (Phi) is 6.33. The van der Waals surface area contributed by atoms with E-state index in [-0.39, 0.29) is 0 Å². The Bertz CT molecular complexity index is 965. The van der Waals surface area contributed by atoms with Crippen LogP contribution in [-0.2, 0) is 35.9 Å². The standard InChI is InChI=1S/C19H28N6O2S/c1-4-20-19(22-13-18-24-23-17-7-5-6-10-25(17)18)21-12-15-8-9-16(14(2)11-15)28(3,26)27/h8-9,11H,4-7,10,12-13H2,1-3H3,(H2,20,21,22). The molecule has 0 fully saturated rings. The molecule has 0 aliphatic carbocycles. The van der Waals surface area contributed by atoms with Crippen molar-refractivity contribution in [2.75, 3.05) is 12.8 Å². The molecule has 1 aromatic carbocycles. The Morgan fingerprint density at radius 1 is 1.25 bits per heavy atom. The summed E-state index contributed by atoms with van der Waals surface area (Å²) in [6, 6.07) is 5.34. The van der Waals surface area contributed by atoms with Gasteiger partial charge in [0.25, 0.3) is 0 Å². The quantitative estimate of drug-likeness (QED) is 0.560. The minimum absolute atomic E-state index is 0.363. The second-order valence-electron chi connectivity index (χ2n) is 7.06. The first-order chi connectivity index (χ1) is 13.4. The van der Waals surface area contributed by atoms with Crippen LogP contribution in [0.1, 0.15) is 42.5 Å². The highest BCUT2D eigenvalue weighted by molar-refractivity contribution is 7.90. The number of aryl methyl sites for hydroxylation is 2. The van der Waals surface area contributed by atoms with Crippen LogP contribution >= 0.6 is 0 Å². The van der Waals surface area contributed by atoms with E-state index >= 15 is 0 Å².